The molecule has 13 heavy (non-hydrogen) atoms. The van der Waals surface area contributed by atoms with Crippen LogP contribution in [0.5, 0.6) is 0 Å². The van der Waals surface area contributed by atoms with Crippen LogP contribution in [0.1, 0.15) is 0 Å². The maximum Gasteiger partial charge on any atom is 1.00 e. The van der Waals surface area contributed by atoms with Gasteiger partial charge in [0.05, 0.1) is 5.91 Å². The van der Waals surface area contributed by atoms with Crippen LogP contribution in [0.2, 0.25) is 0 Å². The number of carbonyl (C=O) groups is 1. The summed E-state index contributed by atoms with van der Waals surface area (Å²) >= 11 is 0. The summed E-state index contributed by atoms with van der Waals surface area (Å²) in [4.78, 5) is 27.1. The van der Waals surface area contributed by atoms with E-state index in [1.165, 1.54) is 6.41 Å². The van der Waals surface area contributed by atoms with E-state index in [0.29, 0.717) is 6.47 Å². The third kappa shape index (κ3) is 56.9. The van der Waals surface area contributed by atoms with Crippen molar-refractivity contribution in [1.82, 2.24) is 5.32 Å². The van der Waals surface area contributed by atoms with Crippen LogP contribution in [0.15, 0.2) is 0 Å². The summed E-state index contributed by atoms with van der Waals surface area (Å²) in [5.74, 6) is -0.816. The van der Waals surface area contributed by atoms with E-state index in [9.17, 15) is 9.59 Å². The van der Waals surface area contributed by atoms with Gasteiger partial charge in [0.1, 0.15) is 0 Å². The van der Waals surface area contributed by atoms with Gasteiger partial charge in [-0.3, -0.25) is 0 Å². The molecule has 67 valence electrons. The number of hydrogen-bond donors (Lipinski definition) is 2. The standard InChI is InChI=1S/C3H5N2O2.CHO2.K.W.Y/c4-3(7)1-5-2-6;2-1-3;;;/h1H2,(H3,4,5,6,7);(H,2,3);;;/q2*-1;+1;;/p-1. The molecule has 0 fully saturated rings. The van der Waals surface area contributed by atoms with E-state index < -0.39 is 5.91 Å². The summed E-state index contributed by atoms with van der Waals surface area (Å²) in [5, 5.41) is 8.67. The van der Waals surface area contributed by atoms with Crippen LogP contribution in [0.25, 0.3) is 5.73 Å². The van der Waals surface area contributed by atoms with Gasteiger partial charge in [-0.1, -0.05) is 6.47 Å². The Bertz CT molecular complexity index is 129. The summed E-state index contributed by atoms with van der Waals surface area (Å²) < 4.78 is 0. The summed E-state index contributed by atoms with van der Waals surface area (Å²) in [5.41, 5.74) is 6.20. The van der Waals surface area contributed by atoms with Crippen molar-refractivity contribution in [3.8, 4) is 0 Å². The Balaban J connectivity index is -0.0000000320. The fourth-order valence-electron chi connectivity index (χ4n) is 0.116. The molecule has 0 rings (SSSR count). The molecule has 0 heterocycles. The van der Waals surface area contributed by atoms with Crippen LogP contribution in [0, 0.1) is 0 Å². The Hall–Kier alpha value is 1.84. The van der Waals surface area contributed by atoms with Crippen molar-refractivity contribution in [2.75, 3.05) is 6.54 Å². The quantitative estimate of drug-likeness (QED) is 0.255. The van der Waals surface area contributed by atoms with Gasteiger partial charge in [0.2, 0.25) is 0 Å². The fraction of sp³-hybridized carbons (Fsp3) is 0.250. The van der Waals surface area contributed by atoms with Crippen LogP contribution in [-0.2, 0) is 68.2 Å². The Morgan fingerprint density at radius 1 is 1.46 bits per heavy atom. The molecular formula is C4H5KN2O4WY-2. The first-order chi connectivity index (χ1) is 4.68. The first kappa shape index (κ1) is 29.4. The van der Waals surface area contributed by atoms with Crippen molar-refractivity contribution < 1.29 is 125 Å². The van der Waals surface area contributed by atoms with Gasteiger partial charge in [-0.15, -0.1) is 0 Å². The fourth-order valence-corrected chi connectivity index (χ4v) is 0.116. The van der Waals surface area contributed by atoms with E-state index in [0.717, 1.165) is 0 Å². The maximum absolute atomic E-state index is 9.63. The number of rotatable bonds is 3. The number of carbonyl (C=O) groups excluding carboxylic acids is 2. The minimum atomic E-state index is -0.816. The van der Waals surface area contributed by atoms with Gasteiger partial charge >= 0.3 is 51.4 Å². The Morgan fingerprint density at radius 2 is 1.77 bits per heavy atom. The molecule has 6 nitrogen and oxygen atoms in total. The molecule has 0 bridgehead atoms. The van der Waals surface area contributed by atoms with Crippen LogP contribution in [-0.4, -0.2) is 30.4 Å². The van der Waals surface area contributed by atoms with Crippen molar-refractivity contribution in [2.45, 2.75) is 0 Å². The van der Waals surface area contributed by atoms with Crippen molar-refractivity contribution in [2.24, 2.45) is 0 Å². The van der Waals surface area contributed by atoms with E-state index in [-0.39, 0.29) is 112 Å². The molecule has 0 spiro atoms. The molecule has 0 aromatic rings. The Morgan fingerprint density at radius 3 is 1.85 bits per heavy atom. The molecule has 0 aliphatic heterocycles. The van der Waals surface area contributed by atoms with Crippen molar-refractivity contribution in [1.29, 1.82) is 0 Å². The zero-order valence-electron chi connectivity index (χ0n) is 6.86. The third-order valence-electron chi connectivity index (χ3n) is 0.321. The second kappa shape index (κ2) is 29.2. The Labute approximate surface area is 158 Å². The molecular weight excluding hydrogens is 452 g/mol. The predicted octanol–water partition coefficient (Wildman–Crippen LogP) is -4.17. The smallest absolute Gasteiger partial charge is 0.666 e. The zero-order chi connectivity index (χ0) is 8.41. The third-order valence-corrected chi connectivity index (χ3v) is 0.321. The molecule has 1 radical (unpaired) electrons. The second-order valence-corrected chi connectivity index (χ2v) is 0.970. The molecule has 0 atom stereocenters. The summed E-state index contributed by atoms with van der Waals surface area (Å²) in [6.07, 6.45) is 1.26. The van der Waals surface area contributed by atoms with Gasteiger partial charge in [-0.25, -0.2) is 0 Å². The number of nitrogens with one attached hydrogen (secondary N) is 2. The molecule has 0 aliphatic carbocycles. The molecule has 0 aromatic carbocycles. The van der Waals surface area contributed by atoms with Gasteiger partial charge < -0.3 is 30.5 Å². The zero-order valence-corrected chi connectivity index (χ0v) is 15.8. The van der Waals surface area contributed by atoms with Gasteiger partial charge in [-0.2, -0.15) is 6.41 Å². The molecule has 0 aromatic heterocycles. The van der Waals surface area contributed by atoms with Crippen LogP contribution < -0.4 is 56.7 Å². The summed E-state index contributed by atoms with van der Waals surface area (Å²) in [6, 6.07) is 0. The number of amides is 2. The van der Waals surface area contributed by atoms with Gasteiger partial charge in [0, 0.05) is 60.3 Å². The van der Waals surface area contributed by atoms with Gasteiger partial charge in [0.25, 0.3) is 0 Å². The minimum Gasteiger partial charge on any atom is -0.666 e. The van der Waals surface area contributed by atoms with E-state index in [2.05, 4.69) is 0 Å². The van der Waals surface area contributed by atoms with Crippen molar-refractivity contribution >= 4 is 18.8 Å². The average Bonchev–Trinajstić information content (AvgIpc) is 1.85. The van der Waals surface area contributed by atoms with Gasteiger partial charge in [0.15, 0.2) is 0 Å². The molecule has 9 heteroatoms. The monoisotopic (exact) mass is 457 g/mol. The second-order valence-electron chi connectivity index (χ2n) is 0.970. The predicted molar refractivity (Wildman–Crippen MR) is 31.3 cm³/mol. The van der Waals surface area contributed by atoms with Crippen LogP contribution >= 0.6 is 0 Å². The van der Waals surface area contributed by atoms with E-state index in [1.54, 1.807) is 0 Å². The Kier molecular flexibility index (Phi) is 65.9. The normalized spacial score (nSPS) is 4.92. The average molecular weight is 457 g/mol. The SMILES string of the molecule is O=[C-]O.[K+].[NH-]C(=O)CN[C-]=O.[W].[Y]. The molecule has 3 N–H and O–H groups in total. The van der Waals surface area contributed by atoms with Crippen LogP contribution in [0.3, 0.4) is 0 Å². The summed E-state index contributed by atoms with van der Waals surface area (Å²) in [7, 11) is 0. The van der Waals surface area contributed by atoms with Crippen molar-refractivity contribution in [3.63, 3.8) is 0 Å². The minimum absolute atomic E-state index is 0. The topological polar surface area (TPSA) is 107 Å². The van der Waals surface area contributed by atoms with E-state index in [1.807, 2.05) is 5.32 Å². The van der Waals surface area contributed by atoms with E-state index >= 15 is 0 Å². The van der Waals surface area contributed by atoms with Gasteiger partial charge in [-0.05, 0) is 0 Å². The molecule has 0 unspecified atom stereocenters. The van der Waals surface area contributed by atoms with Crippen molar-refractivity contribution in [3.05, 3.63) is 5.73 Å². The number of aliphatic hydroxyl groups excluding tert-OH is 1. The molecule has 0 aliphatic rings. The maximum atomic E-state index is 9.63. The molecule has 0 saturated carbocycles. The summed E-state index contributed by atoms with van der Waals surface area (Å²) in [6.45, 7) is 0.253. The first-order valence-corrected chi connectivity index (χ1v) is 2.04. The van der Waals surface area contributed by atoms with Crippen LogP contribution in [0.4, 0.5) is 0 Å². The molecule has 0 saturated heterocycles. The largest absolute Gasteiger partial charge is 1.00 e. The van der Waals surface area contributed by atoms with E-state index in [4.69, 9.17) is 15.6 Å². The first-order valence-electron chi connectivity index (χ1n) is 2.04. The number of hydrogen-bond acceptors (Lipinski definition) is 3. The molecule has 2 amide bonds.